The van der Waals surface area contributed by atoms with Crippen molar-refractivity contribution in [3.63, 3.8) is 0 Å². The van der Waals surface area contributed by atoms with E-state index in [1.54, 1.807) is 12.1 Å². The lowest BCUT2D eigenvalue weighted by molar-refractivity contribution is -0.128. The molecule has 6 nitrogen and oxygen atoms in total. The largest absolute Gasteiger partial charge is 0.347 e. The summed E-state index contributed by atoms with van der Waals surface area (Å²) in [4.78, 5) is 30.5. The molecule has 2 heterocycles. The van der Waals surface area contributed by atoms with Gasteiger partial charge in [0.1, 0.15) is 5.70 Å². The number of nitrogens with zero attached hydrogens (tertiary/aromatic N) is 3. The molecule has 0 atom stereocenters. The Morgan fingerprint density at radius 1 is 1.00 bits per heavy atom. The van der Waals surface area contributed by atoms with Crippen LogP contribution in [0, 0.1) is 6.92 Å². The van der Waals surface area contributed by atoms with Gasteiger partial charge in [0, 0.05) is 61.0 Å². The molecule has 2 amide bonds. The van der Waals surface area contributed by atoms with E-state index in [-0.39, 0.29) is 11.8 Å². The van der Waals surface area contributed by atoms with Crippen LogP contribution in [0.15, 0.2) is 60.4 Å². The maximum absolute atomic E-state index is 13.5. The van der Waals surface area contributed by atoms with E-state index in [1.807, 2.05) is 54.4 Å². The van der Waals surface area contributed by atoms with Crippen LogP contribution in [0.4, 0.5) is 0 Å². The number of carbonyl (C=O) groups excluding carboxylic acids is 2. The van der Waals surface area contributed by atoms with Gasteiger partial charge in [-0.15, -0.1) is 0 Å². The molecule has 0 unspecified atom stereocenters. The topological polar surface area (TPSA) is 57.6 Å². The van der Waals surface area contributed by atoms with Gasteiger partial charge in [-0.3, -0.25) is 9.59 Å². The van der Waals surface area contributed by atoms with Gasteiger partial charge in [0.05, 0.1) is 0 Å². The number of rotatable bonds is 5. The number of hydrogen-bond donors (Lipinski definition) is 1. The minimum atomic E-state index is -0.280. The Morgan fingerprint density at radius 3 is 2.38 bits per heavy atom. The minimum Gasteiger partial charge on any atom is -0.347 e. The summed E-state index contributed by atoms with van der Waals surface area (Å²) in [5.74, 6) is -0.426. The number of nitrogens with one attached hydrogen (secondary N) is 1. The highest BCUT2D eigenvalue weighted by atomic mass is 16.2. The van der Waals surface area contributed by atoms with Crippen molar-refractivity contribution in [3.05, 3.63) is 77.1 Å². The molecule has 0 radical (unpaired) electrons. The van der Waals surface area contributed by atoms with Gasteiger partial charge in [0.25, 0.3) is 11.8 Å². The van der Waals surface area contributed by atoms with Crippen molar-refractivity contribution in [1.82, 2.24) is 19.7 Å². The van der Waals surface area contributed by atoms with Crippen molar-refractivity contribution in [2.75, 3.05) is 33.2 Å². The summed E-state index contributed by atoms with van der Waals surface area (Å²) >= 11 is 0. The van der Waals surface area contributed by atoms with Crippen LogP contribution in [0.5, 0.6) is 0 Å². The lowest BCUT2D eigenvalue weighted by Gasteiger charge is -2.33. The van der Waals surface area contributed by atoms with Crippen molar-refractivity contribution >= 4 is 28.8 Å². The third-order valence-corrected chi connectivity index (χ3v) is 6.04. The second-order valence-electron chi connectivity index (χ2n) is 8.36. The number of amides is 2. The van der Waals surface area contributed by atoms with Crippen LogP contribution >= 0.6 is 0 Å². The lowest BCUT2D eigenvalue weighted by atomic mass is 10.1. The zero-order valence-electron chi connectivity index (χ0n) is 19.0. The summed E-state index contributed by atoms with van der Waals surface area (Å²) in [7, 11) is 2.05. The number of hydrogen-bond acceptors (Lipinski definition) is 3. The van der Waals surface area contributed by atoms with Gasteiger partial charge in [0.15, 0.2) is 0 Å². The molecule has 2 aromatic carbocycles. The molecule has 0 saturated carbocycles. The van der Waals surface area contributed by atoms with Gasteiger partial charge in [-0.1, -0.05) is 35.9 Å². The van der Waals surface area contributed by atoms with E-state index >= 15 is 0 Å². The third kappa shape index (κ3) is 4.60. The standard InChI is InChI=1S/C26H30N4O2/c1-4-29-18-21(22-7-5-6-8-24(22)29)17-23(26(32)30-15-13-28(3)14-16-30)27-25(31)20-11-9-19(2)10-12-20/h5-12,17-18H,4,13-16H2,1-3H3,(H,27,31)/b23-17-. The van der Waals surface area contributed by atoms with E-state index in [0.717, 1.165) is 41.7 Å². The van der Waals surface area contributed by atoms with Crippen LogP contribution in [-0.4, -0.2) is 59.4 Å². The quantitative estimate of drug-likeness (QED) is 0.630. The highest BCUT2D eigenvalue weighted by Crippen LogP contribution is 2.24. The Labute approximate surface area is 189 Å². The smallest absolute Gasteiger partial charge is 0.270 e. The number of aryl methyl sites for hydroxylation is 2. The SMILES string of the molecule is CCn1cc(/C=C(\NC(=O)c2ccc(C)cc2)C(=O)N2CCN(C)CC2)c2ccccc21. The highest BCUT2D eigenvalue weighted by Gasteiger charge is 2.24. The fourth-order valence-corrected chi connectivity index (χ4v) is 4.04. The molecule has 1 N–H and O–H groups in total. The normalized spacial score (nSPS) is 15.2. The van der Waals surface area contributed by atoms with Gasteiger partial charge < -0.3 is 19.7 Å². The van der Waals surface area contributed by atoms with Gasteiger partial charge >= 0.3 is 0 Å². The third-order valence-electron chi connectivity index (χ3n) is 6.04. The minimum absolute atomic E-state index is 0.146. The second-order valence-corrected chi connectivity index (χ2v) is 8.36. The van der Waals surface area contributed by atoms with Gasteiger partial charge in [0.2, 0.25) is 0 Å². The van der Waals surface area contributed by atoms with Crippen LogP contribution in [0.25, 0.3) is 17.0 Å². The number of carbonyl (C=O) groups is 2. The van der Waals surface area contributed by atoms with Crippen molar-refractivity contribution in [2.24, 2.45) is 0 Å². The molecule has 1 fully saturated rings. The number of benzene rings is 2. The average Bonchev–Trinajstić information content (AvgIpc) is 3.16. The monoisotopic (exact) mass is 430 g/mol. The number of piperazine rings is 1. The molecule has 3 aromatic rings. The molecule has 6 heteroatoms. The first-order chi connectivity index (χ1) is 15.5. The van der Waals surface area contributed by atoms with Crippen molar-refractivity contribution < 1.29 is 9.59 Å². The molecule has 1 aliphatic rings. The maximum Gasteiger partial charge on any atom is 0.270 e. The van der Waals surface area contributed by atoms with E-state index < -0.39 is 0 Å². The predicted molar refractivity (Wildman–Crippen MR) is 128 cm³/mol. The number of likely N-dealkylation sites (N-methyl/N-ethyl adjacent to an activating group) is 1. The first-order valence-electron chi connectivity index (χ1n) is 11.1. The number of fused-ring (bicyclic) bond motifs is 1. The van der Waals surface area contributed by atoms with Crippen LogP contribution in [0.3, 0.4) is 0 Å². The summed E-state index contributed by atoms with van der Waals surface area (Å²) < 4.78 is 2.15. The Hall–Kier alpha value is -3.38. The summed E-state index contributed by atoms with van der Waals surface area (Å²) in [5.41, 5.74) is 3.95. The Balaban J connectivity index is 1.71. The molecule has 0 aliphatic carbocycles. The number of para-hydroxylation sites is 1. The Kier molecular flexibility index (Phi) is 6.42. The summed E-state index contributed by atoms with van der Waals surface area (Å²) in [6.45, 7) is 7.82. The molecule has 1 aliphatic heterocycles. The Morgan fingerprint density at radius 2 is 1.69 bits per heavy atom. The Bertz CT molecular complexity index is 1150. The summed E-state index contributed by atoms with van der Waals surface area (Å²) in [5, 5.41) is 3.97. The molecule has 0 bridgehead atoms. The maximum atomic E-state index is 13.5. The molecule has 1 aromatic heterocycles. The number of aromatic nitrogens is 1. The first kappa shape index (κ1) is 21.8. The lowest BCUT2D eigenvalue weighted by Crippen LogP contribution is -2.49. The molecular formula is C26H30N4O2. The predicted octanol–water partition coefficient (Wildman–Crippen LogP) is 3.51. The molecule has 166 valence electrons. The summed E-state index contributed by atoms with van der Waals surface area (Å²) in [6.07, 6.45) is 3.86. The van der Waals surface area contributed by atoms with Gasteiger partial charge in [-0.05, 0) is 45.2 Å². The molecule has 32 heavy (non-hydrogen) atoms. The highest BCUT2D eigenvalue weighted by molar-refractivity contribution is 6.06. The van der Waals surface area contributed by atoms with E-state index in [2.05, 4.69) is 34.8 Å². The van der Waals surface area contributed by atoms with Crippen LogP contribution in [0.2, 0.25) is 0 Å². The molecule has 1 saturated heterocycles. The average molecular weight is 431 g/mol. The first-order valence-corrected chi connectivity index (χ1v) is 11.1. The molecule has 0 spiro atoms. The van der Waals surface area contributed by atoms with Gasteiger partial charge in [-0.2, -0.15) is 0 Å². The summed E-state index contributed by atoms with van der Waals surface area (Å²) in [6, 6.07) is 15.5. The zero-order chi connectivity index (χ0) is 22.7. The fraction of sp³-hybridized carbons (Fsp3) is 0.308. The molecule has 4 rings (SSSR count). The van der Waals surface area contributed by atoms with E-state index in [1.165, 1.54) is 0 Å². The second kappa shape index (κ2) is 9.40. The van der Waals surface area contributed by atoms with E-state index in [0.29, 0.717) is 24.4 Å². The van der Waals surface area contributed by atoms with Crippen molar-refractivity contribution in [2.45, 2.75) is 20.4 Å². The van der Waals surface area contributed by atoms with Crippen LogP contribution < -0.4 is 5.32 Å². The van der Waals surface area contributed by atoms with Crippen LogP contribution in [0.1, 0.15) is 28.4 Å². The zero-order valence-corrected chi connectivity index (χ0v) is 19.0. The van der Waals surface area contributed by atoms with Crippen LogP contribution in [-0.2, 0) is 11.3 Å². The van der Waals surface area contributed by atoms with E-state index in [4.69, 9.17) is 0 Å². The fourth-order valence-electron chi connectivity index (χ4n) is 4.04. The van der Waals surface area contributed by atoms with Crippen molar-refractivity contribution in [1.29, 1.82) is 0 Å². The van der Waals surface area contributed by atoms with Gasteiger partial charge in [-0.25, -0.2) is 0 Å². The van der Waals surface area contributed by atoms with Crippen molar-refractivity contribution in [3.8, 4) is 0 Å². The molecular weight excluding hydrogens is 400 g/mol. The van der Waals surface area contributed by atoms with E-state index in [9.17, 15) is 9.59 Å².